The SMILES string of the molecule is ClC1(Cl)CCC(CNc2ccccc2)CC1. The van der Waals surface area contributed by atoms with Crippen molar-refractivity contribution in [2.75, 3.05) is 11.9 Å². The average Bonchev–Trinajstić information content (AvgIpc) is 2.29. The Bertz CT molecular complexity index is 314. The molecule has 0 saturated heterocycles. The maximum absolute atomic E-state index is 6.10. The zero-order chi connectivity index (χ0) is 11.4. The van der Waals surface area contributed by atoms with Crippen LogP contribution in [0.5, 0.6) is 0 Å². The molecule has 1 N–H and O–H groups in total. The quantitative estimate of drug-likeness (QED) is 0.789. The van der Waals surface area contributed by atoms with Crippen molar-refractivity contribution in [3.05, 3.63) is 30.3 Å². The molecule has 0 radical (unpaired) electrons. The molecule has 0 aliphatic heterocycles. The van der Waals surface area contributed by atoms with Gasteiger partial charge in [0.2, 0.25) is 0 Å². The molecule has 88 valence electrons. The molecule has 1 aliphatic carbocycles. The second-order valence-electron chi connectivity index (χ2n) is 4.55. The maximum Gasteiger partial charge on any atom is 0.118 e. The molecule has 1 fully saturated rings. The molecular weight excluding hydrogens is 241 g/mol. The molecule has 0 spiro atoms. The molecule has 1 saturated carbocycles. The number of benzene rings is 1. The van der Waals surface area contributed by atoms with Gasteiger partial charge < -0.3 is 5.32 Å². The zero-order valence-electron chi connectivity index (χ0n) is 9.26. The Kier molecular flexibility index (Phi) is 3.99. The Morgan fingerprint density at radius 1 is 1.12 bits per heavy atom. The van der Waals surface area contributed by atoms with E-state index in [9.17, 15) is 0 Å². The summed E-state index contributed by atoms with van der Waals surface area (Å²) in [6, 6.07) is 10.3. The van der Waals surface area contributed by atoms with Gasteiger partial charge in [-0.05, 0) is 43.7 Å². The summed E-state index contributed by atoms with van der Waals surface area (Å²) < 4.78 is -0.469. The fourth-order valence-corrected chi connectivity index (χ4v) is 2.56. The highest BCUT2D eigenvalue weighted by molar-refractivity contribution is 6.48. The van der Waals surface area contributed by atoms with Crippen molar-refractivity contribution < 1.29 is 0 Å². The van der Waals surface area contributed by atoms with E-state index in [1.165, 1.54) is 5.69 Å². The fourth-order valence-electron chi connectivity index (χ4n) is 2.12. The molecule has 3 heteroatoms. The highest BCUT2D eigenvalue weighted by atomic mass is 35.5. The lowest BCUT2D eigenvalue weighted by Gasteiger charge is -2.30. The van der Waals surface area contributed by atoms with Gasteiger partial charge in [-0.1, -0.05) is 18.2 Å². The predicted molar refractivity (Wildman–Crippen MR) is 71.3 cm³/mol. The molecule has 0 unspecified atom stereocenters. The third-order valence-electron chi connectivity index (χ3n) is 3.21. The zero-order valence-corrected chi connectivity index (χ0v) is 10.8. The van der Waals surface area contributed by atoms with Gasteiger partial charge in [0.05, 0.1) is 0 Å². The van der Waals surface area contributed by atoms with Crippen LogP contribution in [0.3, 0.4) is 0 Å². The molecule has 2 rings (SSSR count). The van der Waals surface area contributed by atoms with Gasteiger partial charge >= 0.3 is 0 Å². The Hall–Kier alpha value is -0.400. The summed E-state index contributed by atoms with van der Waals surface area (Å²) in [6.45, 7) is 1.02. The topological polar surface area (TPSA) is 12.0 Å². The molecule has 0 heterocycles. The second kappa shape index (κ2) is 5.29. The van der Waals surface area contributed by atoms with Gasteiger partial charge in [0, 0.05) is 12.2 Å². The largest absolute Gasteiger partial charge is 0.385 e. The molecule has 0 atom stereocenters. The third kappa shape index (κ3) is 3.57. The monoisotopic (exact) mass is 257 g/mol. The van der Waals surface area contributed by atoms with E-state index in [1.807, 2.05) is 18.2 Å². The standard InChI is InChI=1S/C13H17Cl2N/c14-13(15)8-6-11(7-9-13)10-16-12-4-2-1-3-5-12/h1-5,11,16H,6-10H2. The lowest BCUT2D eigenvalue weighted by Crippen LogP contribution is -2.26. The molecule has 0 aromatic heterocycles. The van der Waals surface area contributed by atoms with Crippen LogP contribution in [0.4, 0.5) is 5.69 Å². The van der Waals surface area contributed by atoms with Crippen LogP contribution in [-0.4, -0.2) is 10.9 Å². The summed E-state index contributed by atoms with van der Waals surface area (Å²) in [5, 5.41) is 3.46. The Morgan fingerprint density at radius 2 is 1.75 bits per heavy atom. The van der Waals surface area contributed by atoms with Crippen LogP contribution in [-0.2, 0) is 0 Å². The average molecular weight is 258 g/mol. The molecule has 1 aliphatic rings. The minimum atomic E-state index is -0.469. The van der Waals surface area contributed by atoms with E-state index in [0.29, 0.717) is 5.92 Å². The minimum Gasteiger partial charge on any atom is -0.385 e. The number of hydrogen-bond donors (Lipinski definition) is 1. The Labute approximate surface area is 107 Å². The third-order valence-corrected chi connectivity index (χ3v) is 3.96. The minimum absolute atomic E-state index is 0.469. The van der Waals surface area contributed by atoms with Crippen molar-refractivity contribution in [1.82, 2.24) is 0 Å². The van der Waals surface area contributed by atoms with Crippen molar-refractivity contribution in [3.63, 3.8) is 0 Å². The van der Waals surface area contributed by atoms with Gasteiger partial charge in [-0.3, -0.25) is 0 Å². The van der Waals surface area contributed by atoms with Crippen LogP contribution in [0.25, 0.3) is 0 Å². The molecule has 0 amide bonds. The van der Waals surface area contributed by atoms with Gasteiger partial charge in [-0.2, -0.15) is 0 Å². The second-order valence-corrected chi connectivity index (χ2v) is 6.19. The summed E-state index contributed by atoms with van der Waals surface area (Å²) >= 11 is 12.2. The van der Waals surface area contributed by atoms with Crippen molar-refractivity contribution in [3.8, 4) is 0 Å². The van der Waals surface area contributed by atoms with Gasteiger partial charge in [0.1, 0.15) is 4.33 Å². The highest BCUT2D eigenvalue weighted by Gasteiger charge is 2.30. The molecule has 16 heavy (non-hydrogen) atoms. The number of nitrogens with one attached hydrogen (secondary N) is 1. The van der Waals surface area contributed by atoms with Gasteiger partial charge in [-0.15, -0.1) is 23.2 Å². The Balaban J connectivity index is 1.76. The number of halogens is 2. The molecular formula is C13H17Cl2N. The van der Waals surface area contributed by atoms with Crippen LogP contribution in [0.15, 0.2) is 30.3 Å². The number of alkyl halides is 2. The van der Waals surface area contributed by atoms with Crippen molar-refractivity contribution in [1.29, 1.82) is 0 Å². The summed E-state index contributed by atoms with van der Waals surface area (Å²) in [6.07, 6.45) is 4.06. The van der Waals surface area contributed by atoms with Gasteiger partial charge in [-0.25, -0.2) is 0 Å². The van der Waals surface area contributed by atoms with E-state index >= 15 is 0 Å². The number of para-hydroxylation sites is 1. The van der Waals surface area contributed by atoms with Crippen LogP contribution >= 0.6 is 23.2 Å². The fraction of sp³-hybridized carbons (Fsp3) is 0.538. The first-order chi connectivity index (χ1) is 7.66. The van der Waals surface area contributed by atoms with Crippen LogP contribution in [0.2, 0.25) is 0 Å². The van der Waals surface area contributed by atoms with E-state index in [-0.39, 0.29) is 0 Å². The lowest BCUT2D eigenvalue weighted by atomic mass is 9.88. The first-order valence-corrected chi connectivity index (χ1v) is 6.58. The van der Waals surface area contributed by atoms with E-state index in [1.54, 1.807) is 0 Å². The van der Waals surface area contributed by atoms with Crippen molar-refractivity contribution in [2.24, 2.45) is 5.92 Å². The van der Waals surface area contributed by atoms with Gasteiger partial charge in [0.25, 0.3) is 0 Å². The van der Waals surface area contributed by atoms with Crippen LogP contribution in [0, 0.1) is 5.92 Å². The first-order valence-electron chi connectivity index (χ1n) is 5.82. The van der Waals surface area contributed by atoms with E-state index in [2.05, 4.69) is 17.4 Å². The normalized spacial score (nSPS) is 20.6. The van der Waals surface area contributed by atoms with Crippen LogP contribution < -0.4 is 5.32 Å². The molecule has 1 aromatic carbocycles. The van der Waals surface area contributed by atoms with Crippen LogP contribution in [0.1, 0.15) is 25.7 Å². The van der Waals surface area contributed by atoms with Gasteiger partial charge in [0.15, 0.2) is 0 Å². The number of anilines is 1. The molecule has 1 aromatic rings. The summed E-state index contributed by atoms with van der Waals surface area (Å²) in [5.41, 5.74) is 1.19. The van der Waals surface area contributed by atoms with E-state index in [0.717, 1.165) is 32.2 Å². The summed E-state index contributed by atoms with van der Waals surface area (Å²) in [7, 11) is 0. The van der Waals surface area contributed by atoms with Crippen molar-refractivity contribution >= 4 is 28.9 Å². The van der Waals surface area contributed by atoms with E-state index in [4.69, 9.17) is 23.2 Å². The van der Waals surface area contributed by atoms with E-state index < -0.39 is 4.33 Å². The molecule has 1 nitrogen and oxygen atoms in total. The lowest BCUT2D eigenvalue weighted by molar-refractivity contribution is 0.359. The summed E-state index contributed by atoms with van der Waals surface area (Å²) in [5.74, 6) is 0.700. The highest BCUT2D eigenvalue weighted by Crippen LogP contribution is 2.40. The summed E-state index contributed by atoms with van der Waals surface area (Å²) in [4.78, 5) is 0. The smallest absolute Gasteiger partial charge is 0.118 e. The number of hydrogen-bond acceptors (Lipinski definition) is 1. The van der Waals surface area contributed by atoms with Crippen molar-refractivity contribution in [2.45, 2.75) is 30.0 Å². The number of rotatable bonds is 3. The first kappa shape index (κ1) is 12.1. The maximum atomic E-state index is 6.10. The Morgan fingerprint density at radius 3 is 2.38 bits per heavy atom. The molecule has 0 bridgehead atoms. The predicted octanol–water partition coefficient (Wildman–Crippen LogP) is 4.46.